The van der Waals surface area contributed by atoms with Crippen molar-refractivity contribution in [3.63, 3.8) is 0 Å². The van der Waals surface area contributed by atoms with Gasteiger partial charge in [-0.2, -0.15) is 13.2 Å². The number of alkyl halides is 3. The molecular formula is C34H28F4O5. The summed E-state index contributed by atoms with van der Waals surface area (Å²) < 4.78 is 58.7. The number of aryl methyl sites for hydroxylation is 1. The zero-order chi connectivity index (χ0) is 31.0. The highest BCUT2D eigenvalue weighted by molar-refractivity contribution is 5.88. The van der Waals surface area contributed by atoms with Crippen LogP contribution >= 0.6 is 0 Å². The predicted molar refractivity (Wildman–Crippen MR) is 154 cm³/mol. The van der Waals surface area contributed by atoms with E-state index in [0.717, 1.165) is 23.3 Å². The van der Waals surface area contributed by atoms with Gasteiger partial charge in [-0.25, -0.2) is 14.0 Å². The Labute approximate surface area is 245 Å². The maximum atomic E-state index is 14.2. The molecule has 2 N–H and O–H groups in total. The number of carboxylic acids is 2. The van der Waals surface area contributed by atoms with Crippen LogP contribution in [0.1, 0.15) is 55.0 Å². The van der Waals surface area contributed by atoms with E-state index in [1.54, 1.807) is 42.5 Å². The minimum Gasteiger partial charge on any atom is -0.488 e. The number of aromatic carboxylic acids is 2. The lowest BCUT2D eigenvalue weighted by atomic mass is 9.91. The third kappa shape index (κ3) is 9.03. The molecule has 0 aromatic heterocycles. The molecule has 0 bridgehead atoms. The first-order valence-corrected chi connectivity index (χ1v) is 13.4. The van der Waals surface area contributed by atoms with Gasteiger partial charge in [-0.15, -0.1) is 0 Å². The van der Waals surface area contributed by atoms with E-state index in [2.05, 4.69) is 0 Å². The van der Waals surface area contributed by atoms with Gasteiger partial charge in [0.15, 0.2) is 0 Å². The molecule has 5 nitrogen and oxygen atoms in total. The molecule has 0 aliphatic carbocycles. The Kier molecular flexibility index (Phi) is 9.98. The standard InChI is InChI=1S/C34H28F4O5/c35-30-17-18-31(43-21-25-8-15-29(16-9-25)34(36,37)38)28(20-30)14-7-23(19-24-5-12-27(13-6-24)33(41)42)2-1-22-3-10-26(11-4-22)32(39)40/h3-18,20,23H,1-2,19,21H2,(H,39,40)(H,41,42)/b14-7+/t23-/m1/s1. The lowest BCUT2D eigenvalue weighted by molar-refractivity contribution is -0.137. The molecule has 43 heavy (non-hydrogen) atoms. The van der Waals surface area contributed by atoms with Crippen LogP contribution in [0, 0.1) is 11.7 Å². The summed E-state index contributed by atoms with van der Waals surface area (Å²) in [6.07, 6.45) is 1.04. The van der Waals surface area contributed by atoms with Crippen LogP contribution in [0.4, 0.5) is 17.6 Å². The summed E-state index contributed by atoms with van der Waals surface area (Å²) in [5.41, 5.74) is 2.41. The molecule has 0 heterocycles. The van der Waals surface area contributed by atoms with Crippen LogP contribution in [-0.2, 0) is 25.6 Å². The second-order valence-electron chi connectivity index (χ2n) is 10.0. The number of ether oxygens (including phenoxy) is 1. The van der Waals surface area contributed by atoms with E-state index in [-0.39, 0.29) is 23.7 Å². The van der Waals surface area contributed by atoms with Crippen molar-refractivity contribution in [1.29, 1.82) is 0 Å². The highest BCUT2D eigenvalue weighted by Crippen LogP contribution is 2.30. The number of hydrogen-bond acceptors (Lipinski definition) is 3. The number of benzene rings is 4. The lowest BCUT2D eigenvalue weighted by Gasteiger charge is -2.15. The molecule has 0 spiro atoms. The number of rotatable bonds is 12. The molecule has 0 radical (unpaired) electrons. The molecule has 222 valence electrons. The normalized spacial score (nSPS) is 12.3. The number of allylic oxidation sites excluding steroid dienone is 1. The van der Waals surface area contributed by atoms with E-state index < -0.39 is 29.5 Å². The van der Waals surface area contributed by atoms with Crippen molar-refractivity contribution >= 4 is 18.0 Å². The molecule has 0 amide bonds. The molecule has 4 aromatic carbocycles. The van der Waals surface area contributed by atoms with E-state index in [9.17, 15) is 32.3 Å². The van der Waals surface area contributed by atoms with E-state index in [4.69, 9.17) is 9.84 Å². The summed E-state index contributed by atoms with van der Waals surface area (Å²) in [6, 6.07) is 21.8. The third-order valence-corrected chi connectivity index (χ3v) is 6.90. The van der Waals surface area contributed by atoms with Crippen molar-refractivity contribution < 1.29 is 42.1 Å². The van der Waals surface area contributed by atoms with Gasteiger partial charge in [-0.3, -0.25) is 0 Å². The molecule has 0 fully saturated rings. The van der Waals surface area contributed by atoms with Crippen LogP contribution in [0.25, 0.3) is 6.08 Å². The molecule has 0 aliphatic heterocycles. The highest BCUT2D eigenvalue weighted by Gasteiger charge is 2.29. The number of carboxylic acid groups (broad SMARTS) is 2. The minimum atomic E-state index is -4.44. The van der Waals surface area contributed by atoms with Crippen molar-refractivity contribution in [3.8, 4) is 5.75 Å². The fourth-order valence-electron chi connectivity index (χ4n) is 4.49. The summed E-state index contributed by atoms with van der Waals surface area (Å²) >= 11 is 0. The average Bonchev–Trinajstić information content (AvgIpc) is 2.98. The molecule has 1 atom stereocenters. The number of hydrogen-bond donors (Lipinski definition) is 2. The quantitative estimate of drug-likeness (QED) is 0.162. The molecular weight excluding hydrogens is 564 g/mol. The van der Waals surface area contributed by atoms with Gasteiger partial charge in [-0.1, -0.05) is 48.6 Å². The van der Waals surface area contributed by atoms with Crippen molar-refractivity contribution in [1.82, 2.24) is 0 Å². The average molecular weight is 593 g/mol. The number of carbonyl (C=O) groups is 2. The van der Waals surface area contributed by atoms with Gasteiger partial charge < -0.3 is 14.9 Å². The van der Waals surface area contributed by atoms with Crippen molar-refractivity contribution in [2.75, 3.05) is 0 Å². The lowest BCUT2D eigenvalue weighted by Crippen LogP contribution is -2.05. The van der Waals surface area contributed by atoms with E-state index in [1.165, 1.54) is 42.5 Å². The third-order valence-electron chi connectivity index (χ3n) is 6.90. The Morgan fingerprint density at radius 1 is 0.767 bits per heavy atom. The largest absolute Gasteiger partial charge is 0.488 e. The summed E-state index contributed by atoms with van der Waals surface area (Å²) in [5.74, 6) is -2.24. The Bertz CT molecular complexity index is 1580. The van der Waals surface area contributed by atoms with Crippen LogP contribution in [0.5, 0.6) is 5.75 Å². The predicted octanol–water partition coefficient (Wildman–Crippen LogP) is 8.32. The Morgan fingerprint density at radius 3 is 1.88 bits per heavy atom. The summed E-state index contributed by atoms with van der Waals surface area (Å²) in [7, 11) is 0. The fourth-order valence-corrected chi connectivity index (χ4v) is 4.49. The van der Waals surface area contributed by atoms with E-state index >= 15 is 0 Å². The Hall–Kier alpha value is -4.92. The van der Waals surface area contributed by atoms with Crippen LogP contribution in [0.15, 0.2) is 97.1 Å². The van der Waals surface area contributed by atoms with Crippen molar-refractivity contribution in [3.05, 3.63) is 142 Å². The first-order chi connectivity index (χ1) is 20.5. The van der Waals surface area contributed by atoms with E-state index in [1.807, 2.05) is 6.08 Å². The summed E-state index contributed by atoms with van der Waals surface area (Å²) in [5, 5.41) is 18.4. The van der Waals surface area contributed by atoms with Gasteiger partial charge in [0, 0.05) is 5.56 Å². The molecule has 0 aliphatic rings. The van der Waals surface area contributed by atoms with Crippen molar-refractivity contribution in [2.24, 2.45) is 5.92 Å². The molecule has 0 saturated carbocycles. The minimum absolute atomic E-state index is 0.0176. The number of halogens is 4. The topological polar surface area (TPSA) is 83.8 Å². The second-order valence-corrected chi connectivity index (χ2v) is 10.0. The van der Waals surface area contributed by atoms with E-state index in [0.29, 0.717) is 36.1 Å². The van der Waals surface area contributed by atoms with Gasteiger partial charge in [0.25, 0.3) is 0 Å². The van der Waals surface area contributed by atoms with Crippen LogP contribution in [0.3, 0.4) is 0 Å². The summed E-state index contributed by atoms with van der Waals surface area (Å²) in [6.45, 7) is -0.0176. The molecule has 4 rings (SSSR count). The van der Waals surface area contributed by atoms with Gasteiger partial charge in [0.05, 0.1) is 16.7 Å². The fraction of sp³-hybridized carbons (Fsp3) is 0.176. The first-order valence-electron chi connectivity index (χ1n) is 13.4. The molecule has 4 aromatic rings. The smallest absolute Gasteiger partial charge is 0.416 e. The first kappa shape index (κ1) is 31.0. The Morgan fingerprint density at radius 2 is 1.33 bits per heavy atom. The SMILES string of the molecule is O=C(O)c1ccc(CC[C@H](/C=C/c2cc(F)ccc2OCc2ccc(C(F)(F)F)cc2)Cc2ccc(C(=O)O)cc2)cc1. The van der Waals surface area contributed by atoms with Crippen LogP contribution in [0.2, 0.25) is 0 Å². The maximum Gasteiger partial charge on any atom is 0.416 e. The van der Waals surface area contributed by atoms with Crippen LogP contribution in [-0.4, -0.2) is 22.2 Å². The zero-order valence-corrected chi connectivity index (χ0v) is 22.9. The zero-order valence-electron chi connectivity index (χ0n) is 22.9. The van der Waals surface area contributed by atoms with Gasteiger partial charge >= 0.3 is 18.1 Å². The van der Waals surface area contributed by atoms with Gasteiger partial charge in [0.2, 0.25) is 0 Å². The van der Waals surface area contributed by atoms with Gasteiger partial charge in [-0.05, 0) is 96.5 Å². The highest BCUT2D eigenvalue weighted by atomic mass is 19.4. The second kappa shape index (κ2) is 13.8. The van der Waals surface area contributed by atoms with Gasteiger partial charge in [0.1, 0.15) is 18.2 Å². The van der Waals surface area contributed by atoms with Crippen LogP contribution < -0.4 is 4.74 Å². The maximum absolute atomic E-state index is 14.2. The van der Waals surface area contributed by atoms with Crippen molar-refractivity contribution in [2.45, 2.75) is 32.0 Å². The molecule has 9 heteroatoms. The molecule has 0 saturated heterocycles. The Balaban J connectivity index is 1.52. The monoisotopic (exact) mass is 592 g/mol. The molecule has 0 unspecified atom stereocenters. The summed E-state index contributed by atoms with van der Waals surface area (Å²) in [4.78, 5) is 22.4.